The summed E-state index contributed by atoms with van der Waals surface area (Å²) >= 11 is 0. The lowest BCUT2D eigenvalue weighted by Crippen LogP contribution is -2.29. The Bertz CT molecular complexity index is 715. The van der Waals surface area contributed by atoms with Crippen LogP contribution in [-0.2, 0) is 15.1 Å². The third kappa shape index (κ3) is 3.27. The van der Waals surface area contributed by atoms with E-state index in [-0.39, 0.29) is 5.56 Å². The summed E-state index contributed by atoms with van der Waals surface area (Å²) in [6.45, 7) is 1.82. The van der Waals surface area contributed by atoms with Gasteiger partial charge in [-0.2, -0.15) is 0 Å². The van der Waals surface area contributed by atoms with Crippen LogP contribution in [0.2, 0.25) is 0 Å². The Morgan fingerprint density at radius 2 is 1.61 bits per heavy atom. The van der Waals surface area contributed by atoms with Gasteiger partial charge in [0, 0.05) is 18.2 Å². The van der Waals surface area contributed by atoms with Gasteiger partial charge in [0.1, 0.15) is 5.60 Å². The lowest BCUT2D eigenvalue weighted by Gasteiger charge is -2.25. The van der Waals surface area contributed by atoms with Crippen LogP contribution in [0.1, 0.15) is 39.6 Å². The van der Waals surface area contributed by atoms with Crippen LogP contribution in [0.25, 0.3) is 0 Å². The number of methoxy groups -OCH3 is 1. The largest absolute Gasteiger partial charge is 0.366 e. The highest BCUT2D eigenvalue weighted by Crippen LogP contribution is 2.27. The lowest BCUT2D eigenvalue weighted by atomic mass is 9.89. The predicted octanol–water partition coefficient (Wildman–Crippen LogP) is 3.20. The third-order valence-corrected chi connectivity index (χ3v) is 3.94. The molecule has 4 nitrogen and oxygen atoms in total. The van der Waals surface area contributed by atoms with Crippen molar-refractivity contribution in [2.45, 2.75) is 18.9 Å². The highest BCUT2D eigenvalue weighted by Gasteiger charge is 2.30. The lowest BCUT2D eigenvalue weighted by molar-refractivity contribution is -0.129. The summed E-state index contributed by atoms with van der Waals surface area (Å²) < 4.78 is 5.34. The number of hydrogen-bond acceptors (Lipinski definition) is 4. The second-order valence-electron chi connectivity index (χ2n) is 5.17. The quantitative estimate of drug-likeness (QED) is 0.447. The maximum absolute atomic E-state index is 12.4. The van der Waals surface area contributed by atoms with Crippen LogP contribution < -0.4 is 0 Å². The molecular formula is C19H18O4. The van der Waals surface area contributed by atoms with Crippen molar-refractivity contribution in [3.05, 3.63) is 71.3 Å². The molecule has 23 heavy (non-hydrogen) atoms. The van der Waals surface area contributed by atoms with E-state index >= 15 is 0 Å². The Labute approximate surface area is 135 Å². The molecule has 0 aliphatic carbocycles. The molecule has 0 bridgehead atoms. The Balaban J connectivity index is 2.38. The van der Waals surface area contributed by atoms with E-state index < -0.39 is 17.2 Å². The van der Waals surface area contributed by atoms with E-state index in [1.807, 2.05) is 6.92 Å². The average molecular weight is 310 g/mol. The standard InChI is InChI=1S/C19H18O4/c1-3-19(13-20,23-2)16-11-7-10-15(12-16)18(22)17(21)14-8-5-4-6-9-14/h4-13H,3H2,1-2H3. The summed E-state index contributed by atoms with van der Waals surface area (Å²) in [7, 11) is 1.45. The molecule has 2 aromatic rings. The molecule has 0 saturated heterocycles. The van der Waals surface area contributed by atoms with Crippen molar-refractivity contribution in [1.29, 1.82) is 0 Å². The zero-order valence-corrected chi connectivity index (χ0v) is 13.1. The summed E-state index contributed by atoms with van der Waals surface area (Å²) in [6.07, 6.45) is 1.15. The third-order valence-electron chi connectivity index (χ3n) is 3.94. The zero-order chi connectivity index (χ0) is 16.9. The Hall–Kier alpha value is -2.59. The predicted molar refractivity (Wildman–Crippen MR) is 86.6 cm³/mol. The molecule has 0 radical (unpaired) electrons. The molecule has 0 fully saturated rings. The van der Waals surface area contributed by atoms with Crippen LogP contribution in [0.5, 0.6) is 0 Å². The second-order valence-corrected chi connectivity index (χ2v) is 5.17. The molecule has 0 aliphatic rings. The van der Waals surface area contributed by atoms with Gasteiger partial charge in [0.25, 0.3) is 0 Å². The summed E-state index contributed by atoms with van der Waals surface area (Å²) in [5.41, 5.74) is 0.0376. The van der Waals surface area contributed by atoms with Crippen molar-refractivity contribution in [1.82, 2.24) is 0 Å². The van der Waals surface area contributed by atoms with Crippen LogP contribution in [0.15, 0.2) is 54.6 Å². The number of aldehydes is 1. The van der Waals surface area contributed by atoms with Crippen molar-refractivity contribution in [3.8, 4) is 0 Å². The molecule has 1 atom stereocenters. The minimum Gasteiger partial charge on any atom is -0.366 e. The number of ether oxygens (including phenoxy) is 1. The van der Waals surface area contributed by atoms with Crippen molar-refractivity contribution in [3.63, 3.8) is 0 Å². The summed E-state index contributed by atoms with van der Waals surface area (Å²) in [4.78, 5) is 36.1. The molecule has 0 saturated carbocycles. The van der Waals surface area contributed by atoms with Gasteiger partial charge in [-0.1, -0.05) is 55.5 Å². The number of hydrogen-bond donors (Lipinski definition) is 0. The Morgan fingerprint density at radius 1 is 1.00 bits per heavy atom. The van der Waals surface area contributed by atoms with E-state index in [4.69, 9.17) is 4.74 Å². The van der Waals surface area contributed by atoms with E-state index in [9.17, 15) is 14.4 Å². The first kappa shape index (κ1) is 16.8. The minimum atomic E-state index is -1.11. The van der Waals surface area contributed by atoms with Crippen molar-refractivity contribution in [2.75, 3.05) is 7.11 Å². The highest BCUT2D eigenvalue weighted by molar-refractivity contribution is 6.49. The monoisotopic (exact) mass is 310 g/mol. The highest BCUT2D eigenvalue weighted by atomic mass is 16.5. The molecule has 4 heteroatoms. The molecule has 1 unspecified atom stereocenters. The fourth-order valence-corrected chi connectivity index (χ4v) is 2.44. The summed E-state index contributed by atoms with van der Waals surface area (Å²) in [5, 5.41) is 0. The average Bonchev–Trinajstić information content (AvgIpc) is 2.63. The van der Waals surface area contributed by atoms with Crippen LogP contribution in [-0.4, -0.2) is 25.0 Å². The van der Waals surface area contributed by atoms with E-state index in [0.717, 1.165) is 6.29 Å². The molecular weight excluding hydrogens is 292 g/mol. The van der Waals surface area contributed by atoms with Crippen LogP contribution in [0, 0.1) is 0 Å². The van der Waals surface area contributed by atoms with E-state index in [0.29, 0.717) is 17.5 Å². The normalized spacial score (nSPS) is 13.1. The molecule has 0 aliphatic heterocycles. The van der Waals surface area contributed by atoms with Gasteiger partial charge in [-0.05, 0) is 18.1 Å². The summed E-state index contributed by atoms with van der Waals surface area (Å²) in [5.74, 6) is -1.18. The Kier molecular flexibility index (Phi) is 5.19. The molecule has 118 valence electrons. The van der Waals surface area contributed by atoms with Gasteiger partial charge in [-0.15, -0.1) is 0 Å². The maximum atomic E-state index is 12.4. The first-order chi connectivity index (χ1) is 11.1. The van der Waals surface area contributed by atoms with Gasteiger partial charge in [0.15, 0.2) is 6.29 Å². The molecule has 2 rings (SSSR count). The van der Waals surface area contributed by atoms with Gasteiger partial charge in [-0.3, -0.25) is 14.4 Å². The van der Waals surface area contributed by atoms with Crippen molar-refractivity contribution in [2.24, 2.45) is 0 Å². The van der Waals surface area contributed by atoms with E-state index in [2.05, 4.69) is 0 Å². The first-order valence-corrected chi connectivity index (χ1v) is 7.34. The van der Waals surface area contributed by atoms with Gasteiger partial charge in [-0.25, -0.2) is 0 Å². The Morgan fingerprint density at radius 3 is 2.17 bits per heavy atom. The van der Waals surface area contributed by atoms with Gasteiger partial charge < -0.3 is 4.74 Å². The van der Waals surface area contributed by atoms with Gasteiger partial charge in [0.05, 0.1) is 0 Å². The number of Topliss-reactive ketones (excluding diaryl/α,β-unsaturated/α-hetero) is 2. The molecule has 0 heterocycles. The van der Waals surface area contributed by atoms with Crippen molar-refractivity contribution < 1.29 is 19.1 Å². The van der Waals surface area contributed by atoms with Gasteiger partial charge >= 0.3 is 0 Å². The number of carbonyl (C=O) groups is 3. The topological polar surface area (TPSA) is 60.4 Å². The van der Waals surface area contributed by atoms with E-state index in [1.165, 1.54) is 7.11 Å². The molecule has 0 amide bonds. The SMILES string of the molecule is CCC(C=O)(OC)c1cccc(C(=O)C(=O)c2ccccc2)c1. The fourth-order valence-electron chi connectivity index (χ4n) is 2.44. The second kappa shape index (κ2) is 7.11. The maximum Gasteiger partial charge on any atom is 0.233 e. The molecule has 0 spiro atoms. The van der Waals surface area contributed by atoms with Crippen LogP contribution in [0.4, 0.5) is 0 Å². The molecule has 2 aromatic carbocycles. The molecule has 0 aromatic heterocycles. The van der Waals surface area contributed by atoms with Gasteiger partial charge in [0.2, 0.25) is 11.6 Å². The number of carbonyl (C=O) groups excluding carboxylic acids is 3. The van der Waals surface area contributed by atoms with Crippen LogP contribution >= 0.6 is 0 Å². The first-order valence-electron chi connectivity index (χ1n) is 7.34. The van der Waals surface area contributed by atoms with Crippen LogP contribution in [0.3, 0.4) is 0 Å². The number of rotatable bonds is 7. The number of benzene rings is 2. The zero-order valence-electron chi connectivity index (χ0n) is 13.1. The fraction of sp³-hybridized carbons (Fsp3) is 0.211. The minimum absolute atomic E-state index is 0.244. The summed E-state index contributed by atoms with van der Waals surface area (Å²) in [6, 6.07) is 14.9. The number of ketones is 2. The smallest absolute Gasteiger partial charge is 0.233 e. The van der Waals surface area contributed by atoms with Crippen molar-refractivity contribution >= 4 is 17.9 Å². The molecule has 0 N–H and O–H groups in total. The van der Waals surface area contributed by atoms with E-state index in [1.54, 1.807) is 54.6 Å².